The van der Waals surface area contributed by atoms with Gasteiger partial charge in [-0.15, -0.1) is 0 Å². The summed E-state index contributed by atoms with van der Waals surface area (Å²) in [7, 11) is -3.92. The Hall–Kier alpha value is -1.14. The highest BCUT2D eigenvalue weighted by atomic mass is 35.5. The minimum absolute atomic E-state index is 0.0611. The van der Waals surface area contributed by atoms with Gasteiger partial charge in [-0.2, -0.15) is 0 Å². The number of benzene rings is 2. The van der Waals surface area contributed by atoms with E-state index in [9.17, 15) is 8.42 Å². The molecule has 0 aliphatic carbocycles. The molecule has 0 heterocycles. The van der Waals surface area contributed by atoms with Crippen LogP contribution in [0.4, 0.5) is 11.4 Å². The highest BCUT2D eigenvalue weighted by molar-refractivity contribution is 7.92. The zero-order chi connectivity index (χ0) is 15.8. The Balaban J connectivity index is 2.47. The van der Waals surface area contributed by atoms with Crippen molar-refractivity contribution in [2.24, 2.45) is 0 Å². The van der Waals surface area contributed by atoms with Gasteiger partial charge in [0.15, 0.2) is 0 Å². The van der Waals surface area contributed by atoms with E-state index in [0.717, 1.165) is 5.56 Å². The second-order valence-electron chi connectivity index (χ2n) is 4.38. The minimum Gasteiger partial charge on any atom is -0.399 e. The number of halogens is 3. The predicted octanol–water partition coefficient (Wildman–Crippen LogP) is 4.34. The number of nitrogen functional groups attached to an aromatic ring is 1. The van der Waals surface area contributed by atoms with Crippen molar-refractivity contribution in [3.8, 4) is 0 Å². The fourth-order valence-corrected chi connectivity index (χ4v) is 3.74. The van der Waals surface area contributed by atoms with Crippen molar-refractivity contribution in [2.75, 3.05) is 10.5 Å². The second-order valence-corrected chi connectivity index (χ2v) is 7.25. The number of anilines is 2. The molecule has 0 spiro atoms. The number of hydrogen-bond acceptors (Lipinski definition) is 3. The molecule has 2 aromatic rings. The summed E-state index contributed by atoms with van der Waals surface area (Å²) < 4.78 is 27.1. The molecule has 0 amide bonds. The fourth-order valence-electron chi connectivity index (χ4n) is 1.65. The van der Waals surface area contributed by atoms with Crippen LogP contribution >= 0.6 is 34.8 Å². The van der Waals surface area contributed by atoms with Gasteiger partial charge in [0.25, 0.3) is 10.0 Å². The van der Waals surface area contributed by atoms with Crippen LogP contribution in [0.25, 0.3) is 0 Å². The Labute approximate surface area is 137 Å². The van der Waals surface area contributed by atoms with Gasteiger partial charge >= 0.3 is 0 Å². The van der Waals surface area contributed by atoms with Gasteiger partial charge in [0.2, 0.25) is 0 Å². The Morgan fingerprint density at radius 2 is 1.67 bits per heavy atom. The third-order valence-corrected chi connectivity index (χ3v) is 5.30. The summed E-state index contributed by atoms with van der Waals surface area (Å²) in [4.78, 5) is -0.128. The van der Waals surface area contributed by atoms with Crippen molar-refractivity contribution >= 4 is 56.2 Å². The van der Waals surface area contributed by atoms with Gasteiger partial charge in [0.05, 0.1) is 15.7 Å². The lowest BCUT2D eigenvalue weighted by atomic mass is 10.2. The van der Waals surface area contributed by atoms with Gasteiger partial charge in [-0.25, -0.2) is 8.42 Å². The van der Waals surface area contributed by atoms with E-state index in [1.165, 1.54) is 24.3 Å². The molecule has 0 radical (unpaired) electrons. The average Bonchev–Trinajstić information content (AvgIpc) is 2.38. The fraction of sp³-hybridized carbons (Fsp3) is 0.0769. The molecule has 0 fully saturated rings. The van der Waals surface area contributed by atoms with Crippen molar-refractivity contribution in [3.05, 3.63) is 51.0 Å². The number of nitrogens with two attached hydrogens (primary N) is 1. The summed E-state index contributed by atoms with van der Waals surface area (Å²) in [5, 5.41) is 0.697. The molecule has 0 saturated carbocycles. The van der Waals surface area contributed by atoms with E-state index in [0.29, 0.717) is 5.02 Å². The van der Waals surface area contributed by atoms with Gasteiger partial charge in [-0.1, -0.05) is 34.8 Å². The molecule has 112 valence electrons. The first-order valence-corrected chi connectivity index (χ1v) is 8.36. The lowest BCUT2D eigenvalue weighted by Gasteiger charge is -2.12. The van der Waals surface area contributed by atoms with Gasteiger partial charge in [0.1, 0.15) is 4.90 Å². The zero-order valence-electron chi connectivity index (χ0n) is 10.8. The van der Waals surface area contributed by atoms with E-state index < -0.39 is 10.0 Å². The predicted molar refractivity (Wildman–Crippen MR) is 87.9 cm³/mol. The molecule has 4 nitrogen and oxygen atoms in total. The molecule has 2 rings (SSSR count). The van der Waals surface area contributed by atoms with Crippen LogP contribution in [0.1, 0.15) is 5.56 Å². The van der Waals surface area contributed by atoms with Crippen LogP contribution in [0.2, 0.25) is 15.1 Å². The Morgan fingerprint density at radius 1 is 1.00 bits per heavy atom. The summed E-state index contributed by atoms with van der Waals surface area (Å²) in [5.74, 6) is 0. The second kappa shape index (κ2) is 5.93. The molecule has 8 heteroatoms. The van der Waals surface area contributed by atoms with Crippen LogP contribution in [0.3, 0.4) is 0 Å². The summed E-state index contributed by atoms with van der Waals surface area (Å²) >= 11 is 17.9. The third kappa shape index (κ3) is 3.55. The summed E-state index contributed by atoms with van der Waals surface area (Å²) in [6.07, 6.45) is 0. The van der Waals surface area contributed by atoms with Gasteiger partial charge in [-0.05, 0) is 42.8 Å². The highest BCUT2D eigenvalue weighted by Crippen LogP contribution is 2.32. The molecular formula is C13H11Cl3N2O2S. The van der Waals surface area contributed by atoms with Crippen LogP contribution in [-0.2, 0) is 10.0 Å². The first-order chi connectivity index (χ1) is 9.70. The van der Waals surface area contributed by atoms with Gasteiger partial charge in [0, 0.05) is 10.7 Å². The molecule has 3 N–H and O–H groups in total. The molecule has 0 aliphatic rings. The largest absolute Gasteiger partial charge is 0.399 e. The molecular weight excluding hydrogens is 355 g/mol. The van der Waals surface area contributed by atoms with Crippen molar-refractivity contribution in [3.63, 3.8) is 0 Å². The Morgan fingerprint density at radius 3 is 2.33 bits per heavy atom. The first kappa shape index (κ1) is 16.2. The lowest BCUT2D eigenvalue weighted by molar-refractivity contribution is 0.601. The molecule has 0 atom stereocenters. The Bertz CT molecular complexity index is 807. The number of nitrogens with one attached hydrogen (secondary N) is 1. The van der Waals surface area contributed by atoms with E-state index >= 15 is 0 Å². The minimum atomic E-state index is -3.92. The molecule has 0 saturated heterocycles. The smallest absolute Gasteiger partial charge is 0.263 e. The lowest BCUT2D eigenvalue weighted by Crippen LogP contribution is -2.14. The van der Waals surface area contributed by atoms with Crippen LogP contribution in [0, 0.1) is 6.92 Å². The van der Waals surface area contributed by atoms with E-state index in [1.807, 2.05) is 0 Å². The number of aryl methyl sites for hydroxylation is 1. The highest BCUT2D eigenvalue weighted by Gasteiger charge is 2.20. The summed E-state index contributed by atoms with van der Waals surface area (Å²) in [6.45, 7) is 1.77. The molecule has 0 aromatic heterocycles. The van der Waals surface area contributed by atoms with Crippen molar-refractivity contribution in [1.29, 1.82) is 0 Å². The number of rotatable bonds is 3. The SMILES string of the molecule is Cc1cc(Cl)c(NS(=O)(=O)c2cc(N)ccc2Cl)cc1Cl. The number of hydrogen-bond donors (Lipinski definition) is 2. The zero-order valence-corrected chi connectivity index (χ0v) is 13.9. The van der Waals surface area contributed by atoms with Gasteiger partial charge in [-0.3, -0.25) is 4.72 Å². The summed E-state index contributed by atoms with van der Waals surface area (Å²) in [5.41, 5.74) is 6.79. The van der Waals surface area contributed by atoms with Crippen molar-refractivity contribution in [1.82, 2.24) is 0 Å². The maximum absolute atomic E-state index is 12.4. The molecule has 0 bridgehead atoms. The normalized spacial score (nSPS) is 11.4. The van der Waals surface area contributed by atoms with E-state index in [1.54, 1.807) is 13.0 Å². The monoisotopic (exact) mass is 364 g/mol. The molecule has 0 aliphatic heterocycles. The van der Waals surface area contributed by atoms with E-state index in [2.05, 4.69) is 4.72 Å². The average molecular weight is 366 g/mol. The quantitative estimate of drug-likeness (QED) is 0.795. The van der Waals surface area contributed by atoms with Crippen molar-refractivity contribution < 1.29 is 8.42 Å². The third-order valence-electron chi connectivity index (χ3n) is 2.74. The molecule has 21 heavy (non-hydrogen) atoms. The van der Waals surface area contributed by atoms with Crippen LogP contribution < -0.4 is 10.5 Å². The van der Waals surface area contributed by atoms with Crippen LogP contribution in [-0.4, -0.2) is 8.42 Å². The van der Waals surface area contributed by atoms with E-state index in [4.69, 9.17) is 40.5 Å². The first-order valence-electron chi connectivity index (χ1n) is 5.74. The maximum Gasteiger partial charge on any atom is 0.263 e. The standard InChI is InChI=1S/C13H11Cl3N2O2S/c1-7-4-11(16)12(6-10(7)15)18-21(19,20)13-5-8(17)2-3-9(13)14/h2-6,18H,17H2,1H3. The van der Waals surface area contributed by atoms with Gasteiger partial charge < -0.3 is 5.73 Å². The van der Waals surface area contributed by atoms with Crippen LogP contribution in [0.15, 0.2) is 35.2 Å². The summed E-state index contributed by atoms with van der Waals surface area (Å²) in [6, 6.07) is 7.21. The Kier molecular flexibility index (Phi) is 4.58. The topological polar surface area (TPSA) is 72.2 Å². The number of sulfonamides is 1. The van der Waals surface area contributed by atoms with E-state index in [-0.39, 0.29) is 26.3 Å². The maximum atomic E-state index is 12.4. The van der Waals surface area contributed by atoms with Crippen LogP contribution in [0.5, 0.6) is 0 Å². The molecule has 2 aromatic carbocycles. The van der Waals surface area contributed by atoms with Crippen molar-refractivity contribution in [2.45, 2.75) is 11.8 Å². The molecule has 0 unspecified atom stereocenters.